The highest BCUT2D eigenvalue weighted by Crippen LogP contribution is 2.40. The third-order valence-corrected chi connectivity index (χ3v) is 7.75. The summed E-state index contributed by atoms with van der Waals surface area (Å²) in [6, 6.07) is 14.2. The Hall–Kier alpha value is -1.59. The van der Waals surface area contributed by atoms with Crippen LogP contribution in [0.25, 0.3) is 0 Å². The molecule has 4 nitrogen and oxygen atoms in total. The number of fused-ring (bicyclic) bond motifs is 1. The Labute approximate surface area is 194 Å². The second-order valence-corrected chi connectivity index (χ2v) is 9.59. The molecule has 2 heterocycles. The number of aliphatic hydroxyl groups excluding tert-OH is 1. The van der Waals surface area contributed by atoms with Gasteiger partial charge in [0.15, 0.2) is 0 Å². The van der Waals surface area contributed by atoms with Crippen LogP contribution in [0.3, 0.4) is 0 Å². The maximum atomic E-state index is 12.7. The number of benzene rings is 2. The zero-order chi connectivity index (χ0) is 22.0. The van der Waals surface area contributed by atoms with Crippen LogP contribution in [0, 0.1) is 5.92 Å². The molecule has 0 aromatic heterocycles. The first-order valence-corrected chi connectivity index (χ1v) is 11.9. The summed E-state index contributed by atoms with van der Waals surface area (Å²) >= 11 is 12.6. The lowest BCUT2D eigenvalue weighted by Gasteiger charge is -2.38. The summed E-state index contributed by atoms with van der Waals surface area (Å²) in [5.41, 5.74) is 3.13. The van der Waals surface area contributed by atoms with Crippen LogP contribution in [-0.4, -0.2) is 47.6 Å². The maximum Gasteiger partial charge on any atom is 0.254 e. The minimum atomic E-state index is 0.0981. The number of amides is 1. The molecule has 1 saturated heterocycles. The van der Waals surface area contributed by atoms with Crippen LogP contribution < -0.4 is 0 Å². The summed E-state index contributed by atoms with van der Waals surface area (Å²) < 4.78 is 0. The standard InChI is InChI=1S/C25H30Cl2N2O2/c1-28-24(19-4-2-3-5-20(19)25(28)31)9-8-23(18-6-7-21(26)22(27)16-18)29-13-10-17(11-14-29)12-15-30/h2-7,16-17,23-24,30H,8-15H2,1H3. The van der Waals surface area contributed by atoms with Gasteiger partial charge in [-0.05, 0) is 80.4 Å². The molecule has 2 unspecified atom stereocenters. The lowest BCUT2D eigenvalue weighted by molar-refractivity contribution is 0.0743. The van der Waals surface area contributed by atoms with Gasteiger partial charge in [-0.15, -0.1) is 0 Å². The SMILES string of the molecule is CN1C(=O)c2ccccc2C1CCC(c1ccc(Cl)c(Cl)c1)N1CCC(CCO)CC1. The number of hydrogen-bond acceptors (Lipinski definition) is 3. The van der Waals surface area contributed by atoms with Crippen molar-refractivity contribution in [3.63, 3.8) is 0 Å². The fraction of sp³-hybridized carbons (Fsp3) is 0.480. The smallest absolute Gasteiger partial charge is 0.254 e. The number of carbonyl (C=O) groups excluding carboxylic acids is 1. The summed E-state index contributed by atoms with van der Waals surface area (Å²) in [4.78, 5) is 17.1. The van der Waals surface area contributed by atoms with Crippen molar-refractivity contribution < 1.29 is 9.90 Å². The van der Waals surface area contributed by atoms with Gasteiger partial charge in [0.2, 0.25) is 0 Å². The van der Waals surface area contributed by atoms with Crippen LogP contribution in [0.1, 0.15) is 65.7 Å². The summed E-state index contributed by atoms with van der Waals surface area (Å²) in [5, 5.41) is 10.4. The van der Waals surface area contributed by atoms with Gasteiger partial charge in [-0.2, -0.15) is 0 Å². The lowest BCUT2D eigenvalue weighted by Crippen LogP contribution is -2.37. The third-order valence-electron chi connectivity index (χ3n) is 7.01. The molecule has 0 radical (unpaired) electrons. The van der Waals surface area contributed by atoms with Crippen molar-refractivity contribution in [3.05, 3.63) is 69.2 Å². The molecule has 2 aromatic rings. The van der Waals surface area contributed by atoms with Crippen molar-refractivity contribution in [1.29, 1.82) is 0 Å². The van der Waals surface area contributed by atoms with Crippen molar-refractivity contribution in [2.75, 3.05) is 26.7 Å². The first-order valence-electron chi connectivity index (χ1n) is 11.2. The molecule has 0 bridgehead atoms. The first-order chi connectivity index (χ1) is 15.0. The Morgan fingerprint density at radius 3 is 2.52 bits per heavy atom. The average molecular weight is 461 g/mol. The van der Waals surface area contributed by atoms with E-state index in [2.05, 4.69) is 17.0 Å². The highest BCUT2D eigenvalue weighted by Gasteiger charge is 2.35. The largest absolute Gasteiger partial charge is 0.396 e. The molecule has 31 heavy (non-hydrogen) atoms. The lowest BCUT2D eigenvalue weighted by atomic mass is 9.89. The number of hydrogen-bond donors (Lipinski definition) is 1. The zero-order valence-electron chi connectivity index (χ0n) is 17.9. The van der Waals surface area contributed by atoms with Gasteiger partial charge in [0, 0.05) is 25.3 Å². The fourth-order valence-electron chi connectivity index (χ4n) is 5.20. The summed E-state index contributed by atoms with van der Waals surface area (Å²) in [5.74, 6) is 0.706. The van der Waals surface area contributed by atoms with E-state index in [-0.39, 0.29) is 24.6 Å². The van der Waals surface area contributed by atoms with Gasteiger partial charge in [0.25, 0.3) is 5.91 Å². The number of rotatable bonds is 7. The molecule has 0 saturated carbocycles. The number of nitrogens with zero attached hydrogens (tertiary/aromatic N) is 2. The van der Waals surface area contributed by atoms with E-state index in [4.69, 9.17) is 23.2 Å². The number of likely N-dealkylation sites (tertiary alicyclic amines) is 1. The molecule has 2 aliphatic rings. The summed E-state index contributed by atoms with van der Waals surface area (Å²) in [6.45, 7) is 2.28. The number of piperidine rings is 1. The Morgan fingerprint density at radius 2 is 1.81 bits per heavy atom. The van der Waals surface area contributed by atoms with Gasteiger partial charge in [-0.1, -0.05) is 47.5 Å². The van der Waals surface area contributed by atoms with Crippen LogP contribution >= 0.6 is 23.2 Å². The van der Waals surface area contributed by atoms with Crippen molar-refractivity contribution in [2.45, 2.75) is 44.2 Å². The number of halogens is 2. The predicted octanol–water partition coefficient (Wildman–Crippen LogP) is 5.74. The third kappa shape index (κ3) is 4.78. The molecule has 0 aliphatic carbocycles. The van der Waals surface area contributed by atoms with Crippen LogP contribution in [0.15, 0.2) is 42.5 Å². The van der Waals surface area contributed by atoms with Crippen LogP contribution in [0.4, 0.5) is 0 Å². The van der Waals surface area contributed by atoms with Crippen LogP contribution in [0.2, 0.25) is 10.0 Å². The number of carbonyl (C=O) groups is 1. The highest BCUT2D eigenvalue weighted by molar-refractivity contribution is 6.42. The van der Waals surface area contributed by atoms with Gasteiger partial charge in [0.05, 0.1) is 16.1 Å². The van der Waals surface area contributed by atoms with Crippen molar-refractivity contribution >= 4 is 29.1 Å². The minimum absolute atomic E-state index is 0.0981. The Balaban J connectivity index is 1.54. The minimum Gasteiger partial charge on any atom is -0.396 e. The fourth-order valence-corrected chi connectivity index (χ4v) is 5.51. The Morgan fingerprint density at radius 1 is 1.06 bits per heavy atom. The quantitative estimate of drug-likeness (QED) is 0.572. The van der Waals surface area contributed by atoms with Crippen molar-refractivity contribution in [3.8, 4) is 0 Å². The molecule has 2 aliphatic heterocycles. The van der Waals surface area contributed by atoms with Gasteiger partial charge in [-0.3, -0.25) is 9.69 Å². The van der Waals surface area contributed by atoms with Gasteiger partial charge < -0.3 is 10.0 Å². The highest BCUT2D eigenvalue weighted by atomic mass is 35.5. The normalized spacial score (nSPS) is 20.8. The van der Waals surface area contributed by atoms with E-state index in [0.29, 0.717) is 16.0 Å². The monoisotopic (exact) mass is 460 g/mol. The summed E-state index contributed by atoms with van der Waals surface area (Å²) in [6.07, 6.45) is 4.91. The molecular formula is C25H30Cl2N2O2. The van der Waals surface area contributed by atoms with Gasteiger partial charge >= 0.3 is 0 Å². The van der Waals surface area contributed by atoms with Crippen molar-refractivity contribution in [2.24, 2.45) is 5.92 Å². The molecule has 2 atom stereocenters. The average Bonchev–Trinajstić information content (AvgIpc) is 3.02. The van der Waals surface area contributed by atoms with Crippen LogP contribution in [0.5, 0.6) is 0 Å². The molecule has 6 heteroatoms. The van der Waals surface area contributed by atoms with Gasteiger partial charge in [0.1, 0.15) is 0 Å². The molecule has 0 spiro atoms. The molecule has 4 rings (SSSR count). The molecule has 2 aromatic carbocycles. The number of aliphatic hydroxyl groups is 1. The second kappa shape index (κ2) is 9.91. The molecule has 1 N–H and O–H groups in total. The van der Waals surface area contributed by atoms with Crippen molar-refractivity contribution in [1.82, 2.24) is 9.80 Å². The van der Waals surface area contributed by atoms with E-state index in [0.717, 1.165) is 56.3 Å². The Bertz CT molecular complexity index is 927. The molecule has 1 amide bonds. The van der Waals surface area contributed by atoms with E-state index in [1.807, 2.05) is 42.3 Å². The topological polar surface area (TPSA) is 43.8 Å². The van der Waals surface area contributed by atoms with Crippen LogP contribution in [-0.2, 0) is 0 Å². The van der Waals surface area contributed by atoms with Gasteiger partial charge in [-0.25, -0.2) is 0 Å². The van der Waals surface area contributed by atoms with E-state index < -0.39 is 0 Å². The van der Waals surface area contributed by atoms with E-state index in [9.17, 15) is 9.90 Å². The maximum absolute atomic E-state index is 12.7. The molecule has 1 fully saturated rings. The molecule has 166 valence electrons. The van der Waals surface area contributed by atoms with E-state index >= 15 is 0 Å². The second-order valence-electron chi connectivity index (χ2n) is 8.78. The van der Waals surface area contributed by atoms with E-state index in [1.165, 1.54) is 5.56 Å². The first kappa shape index (κ1) is 22.6. The zero-order valence-corrected chi connectivity index (χ0v) is 19.4. The molecular weight excluding hydrogens is 431 g/mol. The predicted molar refractivity (Wildman–Crippen MR) is 126 cm³/mol. The Kier molecular flexibility index (Phi) is 7.22. The summed E-state index contributed by atoms with van der Waals surface area (Å²) in [7, 11) is 1.90. The van der Waals surface area contributed by atoms with E-state index in [1.54, 1.807) is 0 Å².